The third kappa shape index (κ3) is 2.20. The van der Waals surface area contributed by atoms with E-state index in [9.17, 15) is 4.79 Å². The minimum Gasteiger partial charge on any atom is -0.478 e. The molecule has 1 saturated heterocycles. The van der Waals surface area contributed by atoms with Crippen molar-refractivity contribution in [1.82, 2.24) is 9.38 Å². The first-order valence-corrected chi connectivity index (χ1v) is 7.55. The van der Waals surface area contributed by atoms with Gasteiger partial charge < -0.3 is 10.0 Å². The van der Waals surface area contributed by atoms with Gasteiger partial charge >= 0.3 is 5.97 Å². The summed E-state index contributed by atoms with van der Waals surface area (Å²) in [6.45, 7) is 6.44. The molecule has 3 rings (SSSR count). The fraction of sp³-hybridized carbons (Fsp3) is 0.429. The van der Waals surface area contributed by atoms with Crippen molar-refractivity contribution < 1.29 is 9.90 Å². The van der Waals surface area contributed by atoms with Crippen molar-refractivity contribution in [3.63, 3.8) is 0 Å². The second-order valence-electron chi connectivity index (χ2n) is 5.41. The van der Waals surface area contributed by atoms with Gasteiger partial charge in [-0.2, -0.15) is 0 Å². The number of imidazole rings is 1. The molecule has 0 saturated carbocycles. The van der Waals surface area contributed by atoms with Gasteiger partial charge in [0.2, 0.25) is 0 Å². The van der Waals surface area contributed by atoms with Crippen molar-refractivity contribution in [3.8, 4) is 0 Å². The summed E-state index contributed by atoms with van der Waals surface area (Å²) in [7, 11) is 0. The predicted molar refractivity (Wildman–Crippen MR) is 80.3 cm³/mol. The fourth-order valence-electron chi connectivity index (χ4n) is 2.63. The van der Waals surface area contributed by atoms with Crippen LogP contribution in [0.2, 0.25) is 0 Å². The van der Waals surface area contributed by atoms with Crippen molar-refractivity contribution in [3.05, 3.63) is 23.3 Å². The lowest BCUT2D eigenvalue weighted by molar-refractivity contribution is -0.131. The van der Waals surface area contributed by atoms with Crippen LogP contribution in [-0.2, 0) is 4.79 Å². The van der Waals surface area contributed by atoms with Crippen LogP contribution >= 0.6 is 11.3 Å². The maximum Gasteiger partial charge on any atom is 0.328 e. The molecule has 0 amide bonds. The van der Waals surface area contributed by atoms with Gasteiger partial charge in [-0.1, -0.05) is 13.8 Å². The van der Waals surface area contributed by atoms with E-state index in [1.807, 2.05) is 16.0 Å². The second kappa shape index (κ2) is 4.94. The molecule has 2 aromatic rings. The Morgan fingerprint density at radius 1 is 1.45 bits per heavy atom. The van der Waals surface area contributed by atoms with E-state index in [4.69, 9.17) is 5.11 Å². The van der Waals surface area contributed by atoms with Crippen LogP contribution in [0.25, 0.3) is 11.0 Å². The van der Waals surface area contributed by atoms with Crippen LogP contribution in [0.3, 0.4) is 0 Å². The molecule has 5 nitrogen and oxygen atoms in total. The van der Waals surface area contributed by atoms with Crippen LogP contribution in [0.5, 0.6) is 0 Å². The van der Waals surface area contributed by atoms with Crippen molar-refractivity contribution in [2.75, 3.05) is 18.0 Å². The summed E-state index contributed by atoms with van der Waals surface area (Å²) < 4.78 is 1.95. The molecule has 3 heterocycles. The Morgan fingerprint density at radius 3 is 2.80 bits per heavy atom. The average molecular weight is 291 g/mol. The van der Waals surface area contributed by atoms with Crippen LogP contribution in [0.1, 0.15) is 19.5 Å². The van der Waals surface area contributed by atoms with Gasteiger partial charge in [0.15, 0.2) is 10.8 Å². The molecule has 20 heavy (non-hydrogen) atoms. The molecule has 2 unspecified atom stereocenters. The zero-order valence-electron chi connectivity index (χ0n) is 11.5. The van der Waals surface area contributed by atoms with Crippen molar-refractivity contribution in [2.45, 2.75) is 13.8 Å². The number of carboxylic acids is 1. The Balaban J connectivity index is 2.03. The van der Waals surface area contributed by atoms with Crippen LogP contribution in [-0.4, -0.2) is 33.6 Å². The normalized spacial score (nSPS) is 23.2. The molecule has 1 aliphatic heterocycles. The molecule has 2 atom stereocenters. The second-order valence-corrected chi connectivity index (χ2v) is 6.28. The third-order valence-corrected chi connectivity index (χ3v) is 4.71. The SMILES string of the molecule is CC1CN(c2nc3sccn3c2C=CC(=O)O)CC1C. The smallest absolute Gasteiger partial charge is 0.328 e. The first kappa shape index (κ1) is 13.2. The van der Waals surface area contributed by atoms with E-state index in [2.05, 4.69) is 23.7 Å². The fourth-order valence-corrected chi connectivity index (χ4v) is 3.35. The molecule has 1 fully saturated rings. The molecule has 1 aliphatic rings. The lowest BCUT2D eigenvalue weighted by atomic mass is 10.0. The number of hydrogen-bond donors (Lipinski definition) is 1. The van der Waals surface area contributed by atoms with Gasteiger partial charge in [-0.15, -0.1) is 11.3 Å². The van der Waals surface area contributed by atoms with Crippen LogP contribution in [0, 0.1) is 11.8 Å². The van der Waals surface area contributed by atoms with Crippen LogP contribution in [0.4, 0.5) is 5.82 Å². The maximum atomic E-state index is 10.8. The predicted octanol–water partition coefficient (Wildman–Crippen LogP) is 2.59. The summed E-state index contributed by atoms with van der Waals surface area (Å²) in [5, 5.41) is 10.8. The highest BCUT2D eigenvalue weighted by Crippen LogP contribution is 2.32. The first-order valence-electron chi connectivity index (χ1n) is 6.67. The van der Waals surface area contributed by atoms with E-state index in [0.717, 1.165) is 29.6 Å². The lowest BCUT2D eigenvalue weighted by Crippen LogP contribution is -2.21. The number of anilines is 1. The monoisotopic (exact) mass is 291 g/mol. The van der Waals surface area contributed by atoms with Crippen LogP contribution < -0.4 is 4.90 Å². The van der Waals surface area contributed by atoms with Gasteiger partial charge in [0.1, 0.15) is 0 Å². The summed E-state index contributed by atoms with van der Waals surface area (Å²) in [5.41, 5.74) is 0.852. The molecular weight excluding hydrogens is 274 g/mol. The minimum absolute atomic E-state index is 0.631. The van der Waals surface area contributed by atoms with Crippen LogP contribution in [0.15, 0.2) is 17.7 Å². The number of rotatable bonds is 3. The van der Waals surface area contributed by atoms with Gasteiger partial charge in [0.05, 0.1) is 5.69 Å². The van der Waals surface area contributed by atoms with Gasteiger partial charge in [-0.3, -0.25) is 4.40 Å². The first-order chi connectivity index (χ1) is 9.56. The highest BCUT2D eigenvalue weighted by atomic mass is 32.1. The molecule has 0 bridgehead atoms. The molecule has 106 valence electrons. The van der Waals surface area contributed by atoms with Crippen molar-refractivity contribution >= 4 is 34.2 Å². The molecule has 1 N–H and O–H groups in total. The summed E-state index contributed by atoms with van der Waals surface area (Å²) in [6.07, 6.45) is 4.74. The van der Waals surface area contributed by atoms with E-state index < -0.39 is 5.97 Å². The van der Waals surface area contributed by atoms with Gasteiger partial charge in [-0.25, -0.2) is 9.78 Å². The summed E-state index contributed by atoms with van der Waals surface area (Å²) in [4.78, 5) is 18.6. The van der Waals surface area contributed by atoms with Crippen molar-refractivity contribution in [2.24, 2.45) is 11.8 Å². The van der Waals surface area contributed by atoms with E-state index in [0.29, 0.717) is 11.8 Å². The van der Waals surface area contributed by atoms with Gasteiger partial charge in [-0.05, 0) is 17.9 Å². The quantitative estimate of drug-likeness (QED) is 0.883. The number of nitrogens with zero attached hydrogens (tertiary/aromatic N) is 3. The molecule has 0 aliphatic carbocycles. The average Bonchev–Trinajstić information content (AvgIpc) is 3.02. The molecule has 0 aromatic carbocycles. The van der Waals surface area contributed by atoms with E-state index >= 15 is 0 Å². The highest BCUT2D eigenvalue weighted by molar-refractivity contribution is 7.15. The minimum atomic E-state index is -0.940. The largest absolute Gasteiger partial charge is 0.478 e. The van der Waals surface area contributed by atoms with Crippen molar-refractivity contribution in [1.29, 1.82) is 0 Å². The number of aromatic nitrogens is 2. The molecular formula is C14H17N3O2S. The number of fused-ring (bicyclic) bond motifs is 1. The lowest BCUT2D eigenvalue weighted by Gasteiger charge is -2.16. The molecule has 0 radical (unpaired) electrons. The number of thiazole rings is 1. The highest BCUT2D eigenvalue weighted by Gasteiger charge is 2.29. The number of hydrogen-bond acceptors (Lipinski definition) is 4. The summed E-state index contributed by atoms with van der Waals surface area (Å²) in [5.74, 6) is 1.21. The third-order valence-electron chi connectivity index (χ3n) is 3.95. The standard InChI is InChI=1S/C14H17N3O2S/c1-9-7-16(8-10(9)2)13-11(3-4-12(18)19)17-5-6-20-14(17)15-13/h3-6,9-10H,7-8H2,1-2H3,(H,18,19). The Hall–Kier alpha value is -1.82. The zero-order valence-corrected chi connectivity index (χ0v) is 12.3. The number of carboxylic acid groups (broad SMARTS) is 1. The van der Waals surface area contributed by atoms with E-state index in [1.54, 1.807) is 17.4 Å². The Bertz CT molecular complexity index is 663. The Labute approximate surface area is 121 Å². The maximum absolute atomic E-state index is 10.8. The molecule has 6 heteroatoms. The molecule has 0 spiro atoms. The summed E-state index contributed by atoms with van der Waals surface area (Å²) >= 11 is 1.56. The van der Waals surface area contributed by atoms with Gasteiger partial charge in [0.25, 0.3) is 0 Å². The number of carbonyl (C=O) groups is 1. The Kier molecular flexibility index (Phi) is 3.25. The van der Waals surface area contributed by atoms with E-state index in [1.165, 1.54) is 6.08 Å². The molecule has 2 aromatic heterocycles. The zero-order chi connectivity index (χ0) is 14.3. The Morgan fingerprint density at radius 2 is 2.15 bits per heavy atom. The topological polar surface area (TPSA) is 57.8 Å². The van der Waals surface area contributed by atoms with Gasteiger partial charge in [0, 0.05) is 30.7 Å². The van der Waals surface area contributed by atoms with E-state index in [-0.39, 0.29) is 0 Å². The number of aliphatic carboxylic acids is 1. The summed E-state index contributed by atoms with van der Waals surface area (Å²) in [6, 6.07) is 0.